The number of nitrogens with zero attached hydrogens (tertiary/aromatic N) is 1. The number of hydrogen-bond acceptors (Lipinski definition) is 2. The first-order valence-corrected chi connectivity index (χ1v) is 6.11. The lowest BCUT2D eigenvalue weighted by Gasteiger charge is -2.19. The smallest absolute Gasteiger partial charge is 0.216 e. The Hall–Kier alpha value is -1.31. The Morgan fingerprint density at radius 2 is 1.94 bits per heavy atom. The fraction of sp³-hybridized carbons (Fsp3) is 0.533. The molecule has 0 saturated carbocycles. The normalized spacial score (nSPS) is 18.8. The number of rotatable bonds is 1. The van der Waals surface area contributed by atoms with Gasteiger partial charge in [-0.3, -0.25) is 0 Å². The molecular formula is C15H21NO. The molecule has 2 heteroatoms. The molecule has 0 atom stereocenters. The van der Waals surface area contributed by atoms with Gasteiger partial charge in [0.25, 0.3) is 0 Å². The molecule has 1 aliphatic heterocycles. The summed E-state index contributed by atoms with van der Waals surface area (Å²) in [4.78, 5) is 4.61. The van der Waals surface area contributed by atoms with E-state index in [1.807, 2.05) is 0 Å². The molecule has 0 spiro atoms. The zero-order valence-corrected chi connectivity index (χ0v) is 11.4. The maximum Gasteiger partial charge on any atom is 0.216 e. The summed E-state index contributed by atoms with van der Waals surface area (Å²) in [6.45, 7) is 11.5. The van der Waals surface area contributed by atoms with Crippen LogP contribution in [0, 0.1) is 0 Å². The molecule has 0 aliphatic carbocycles. The first kappa shape index (κ1) is 12.2. The van der Waals surface area contributed by atoms with Crippen LogP contribution in [-0.2, 0) is 10.2 Å². The predicted molar refractivity (Wildman–Crippen MR) is 71.7 cm³/mol. The molecule has 17 heavy (non-hydrogen) atoms. The fourth-order valence-corrected chi connectivity index (χ4v) is 1.85. The Kier molecular flexibility index (Phi) is 2.76. The van der Waals surface area contributed by atoms with E-state index in [4.69, 9.17) is 4.74 Å². The van der Waals surface area contributed by atoms with Crippen LogP contribution in [0.4, 0.5) is 0 Å². The lowest BCUT2D eigenvalue weighted by Crippen LogP contribution is -2.17. The number of ether oxygens (including phenoxy) is 1. The van der Waals surface area contributed by atoms with Crippen LogP contribution < -0.4 is 0 Å². The van der Waals surface area contributed by atoms with Crippen LogP contribution in [0.1, 0.15) is 45.7 Å². The second kappa shape index (κ2) is 3.86. The van der Waals surface area contributed by atoms with Gasteiger partial charge in [-0.05, 0) is 37.0 Å². The second-order valence-corrected chi connectivity index (χ2v) is 6.35. The zero-order valence-electron chi connectivity index (χ0n) is 11.4. The van der Waals surface area contributed by atoms with Gasteiger partial charge >= 0.3 is 0 Å². The maximum absolute atomic E-state index is 5.67. The molecule has 0 bridgehead atoms. The van der Waals surface area contributed by atoms with Crippen molar-refractivity contribution in [3.63, 3.8) is 0 Å². The van der Waals surface area contributed by atoms with Crippen LogP contribution in [0.5, 0.6) is 0 Å². The van der Waals surface area contributed by atoms with E-state index in [-0.39, 0.29) is 11.0 Å². The van der Waals surface area contributed by atoms with Crippen molar-refractivity contribution in [3.05, 3.63) is 35.4 Å². The Morgan fingerprint density at radius 3 is 2.47 bits per heavy atom. The van der Waals surface area contributed by atoms with Crippen LogP contribution in [-0.4, -0.2) is 18.0 Å². The molecule has 0 aromatic heterocycles. The van der Waals surface area contributed by atoms with Gasteiger partial charge in [0.2, 0.25) is 5.90 Å². The lowest BCUT2D eigenvalue weighted by atomic mass is 9.86. The van der Waals surface area contributed by atoms with Gasteiger partial charge in [-0.15, -0.1) is 0 Å². The summed E-state index contributed by atoms with van der Waals surface area (Å²) < 4.78 is 5.67. The summed E-state index contributed by atoms with van der Waals surface area (Å²) in [5.74, 6) is 0.779. The third-order valence-electron chi connectivity index (χ3n) is 2.94. The van der Waals surface area contributed by atoms with E-state index in [0.717, 1.165) is 11.5 Å². The summed E-state index contributed by atoms with van der Waals surface area (Å²) in [6.07, 6.45) is 0. The third-order valence-corrected chi connectivity index (χ3v) is 2.94. The van der Waals surface area contributed by atoms with Crippen molar-refractivity contribution in [3.8, 4) is 0 Å². The van der Waals surface area contributed by atoms with Crippen molar-refractivity contribution in [1.82, 2.24) is 0 Å². The summed E-state index contributed by atoms with van der Waals surface area (Å²) in [5, 5.41) is 0. The fourth-order valence-electron chi connectivity index (χ4n) is 1.85. The standard InChI is InChI=1S/C15H21NO/c1-14(2,3)12-8-6-7-11(9-12)13-16-15(4,5)10-17-13/h6-9H,10H2,1-5H3. The molecule has 0 radical (unpaired) electrons. The van der Waals surface area contributed by atoms with Crippen LogP contribution in [0.2, 0.25) is 0 Å². The SMILES string of the molecule is CC1(C)COC(c2cccc(C(C)(C)C)c2)=N1. The zero-order chi connectivity index (χ0) is 12.7. The van der Waals surface area contributed by atoms with Gasteiger partial charge in [0, 0.05) is 5.56 Å². The predicted octanol–water partition coefficient (Wildman–Crippen LogP) is 3.54. The van der Waals surface area contributed by atoms with E-state index >= 15 is 0 Å². The van der Waals surface area contributed by atoms with Crippen molar-refractivity contribution in [1.29, 1.82) is 0 Å². The molecule has 0 fully saturated rings. The summed E-state index contributed by atoms with van der Waals surface area (Å²) in [5.41, 5.74) is 2.46. The molecule has 2 nitrogen and oxygen atoms in total. The van der Waals surface area contributed by atoms with E-state index in [9.17, 15) is 0 Å². The molecule has 0 saturated heterocycles. The van der Waals surface area contributed by atoms with E-state index < -0.39 is 0 Å². The minimum Gasteiger partial charge on any atom is -0.475 e. The average molecular weight is 231 g/mol. The second-order valence-electron chi connectivity index (χ2n) is 6.35. The molecule has 1 aromatic carbocycles. The minimum atomic E-state index is -0.0902. The van der Waals surface area contributed by atoms with E-state index in [2.05, 4.69) is 63.9 Å². The number of aliphatic imine (C=N–C) groups is 1. The van der Waals surface area contributed by atoms with Crippen molar-refractivity contribution in [2.75, 3.05) is 6.61 Å². The van der Waals surface area contributed by atoms with Gasteiger partial charge in [-0.25, -0.2) is 4.99 Å². The average Bonchev–Trinajstić information content (AvgIpc) is 2.58. The molecule has 0 amide bonds. The Labute approximate surface area is 104 Å². The van der Waals surface area contributed by atoms with E-state index in [1.165, 1.54) is 5.56 Å². The van der Waals surface area contributed by atoms with Gasteiger partial charge in [0.1, 0.15) is 6.61 Å². The highest BCUT2D eigenvalue weighted by Crippen LogP contribution is 2.25. The Morgan fingerprint density at radius 1 is 1.24 bits per heavy atom. The van der Waals surface area contributed by atoms with Gasteiger partial charge in [-0.1, -0.05) is 32.9 Å². The molecule has 1 aliphatic rings. The van der Waals surface area contributed by atoms with Crippen LogP contribution in [0.25, 0.3) is 0 Å². The van der Waals surface area contributed by atoms with Crippen molar-refractivity contribution in [2.24, 2.45) is 4.99 Å². The highest BCUT2D eigenvalue weighted by molar-refractivity contribution is 5.95. The van der Waals surface area contributed by atoms with E-state index in [1.54, 1.807) is 0 Å². The largest absolute Gasteiger partial charge is 0.475 e. The van der Waals surface area contributed by atoms with E-state index in [0.29, 0.717) is 6.61 Å². The van der Waals surface area contributed by atoms with Crippen LogP contribution >= 0.6 is 0 Å². The summed E-state index contributed by atoms with van der Waals surface area (Å²) >= 11 is 0. The van der Waals surface area contributed by atoms with Crippen molar-refractivity contribution < 1.29 is 4.74 Å². The molecular weight excluding hydrogens is 210 g/mol. The molecule has 2 rings (SSSR count). The quantitative estimate of drug-likeness (QED) is 0.724. The maximum atomic E-state index is 5.67. The first-order valence-electron chi connectivity index (χ1n) is 6.11. The Balaban J connectivity index is 2.36. The highest BCUT2D eigenvalue weighted by atomic mass is 16.5. The third kappa shape index (κ3) is 2.68. The number of hydrogen-bond donors (Lipinski definition) is 0. The number of benzene rings is 1. The molecule has 1 aromatic rings. The highest BCUT2D eigenvalue weighted by Gasteiger charge is 2.27. The Bertz CT molecular complexity index is 452. The van der Waals surface area contributed by atoms with Gasteiger partial charge < -0.3 is 4.74 Å². The lowest BCUT2D eigenvalue weighted by molar-refractivity contribution is 0.279. The van der Waals surface area contributed by atoms with Crippen molar-refractivity contribution in [2.45, 2.75) is 45.6 Å². The molecule has 0 N–H and O–H groups in total. The monoisotopic (exact) mass is 231 g/mol. The van der Waals surface area contributed by atoms with Crippen LogP contribution in [0.15, 0.2) is 29.3 Å². The van der Waals surface area contributed by atoms with Gasteiger partial charge in [0.05, 0.1) is 5.54 Å². The molecule has 1 heterocycles. The van der Waals surface area contributed by atoms with Gasteiger partial charge in [-0.2, -0.15) is 0 Å². The summed E-state index contributed by atoms with van der Waals surface area (Å²) in [7, 11) is 0. The topological polar surface area (TPSA) is 21.6 Å². The first-order chi connectivity index (χ1) is 7.78. The van der Waals surface area contributed by atoms with Gasteiger partial charge in [0.15, 0.2) is 0 Å². The van der Waals surface area contributed by atoms with Crippen LogP contribution in [0.3, 0.4) is 0 Å². The minimum absolute atomic E-state index is 0.0902. The van der Waals surface area contributed by atoms with Crippen molar-refractivity contribution >= 4 is 5.90 Å². The molecule has 0 unspecified atom stereocenters. The molecule has 92 valence electrons. The summed E-state index contributed by atoms with van der Waals surface area (Å²) in [6, 6.07) is 8.48.